The highest BCUT2D eigenvalue weighted by atomic mass is 79.9. The molecule has 1 aliphatic rings. The lowest BCUT2D eigenvalue weighted by molar-refractivity contribution is 0.557. The molecule has 2 aromatic rings. The standard InChI is InChI=1S/C14H13BrClN3/c15-11-5-4-8(16)6-9(11)14-18-7-10-12(17)2-1-3-13(10)19-14/h4-7,12H,1-3,17H2. The zero-order chi connectivity index (χ0) is 13.4. The van der Waals surface area contributed by atoms with E-state index in [-0.39, 0.29) is 6.04 Å². The lowest BCUT2D eigenvalue weighted by Gasteiger charge is -2.21. The van der Waals surface area contributed by atoms with Crippen LogP contribution in [-0.4, -0.2) is 9.97 Å². The van der Waals surface area contributed by atoms with Gasteiger partial charge in [0.1, 0.15) is 0 Å². The summed E-state index contributed by atoms with van der Waals surface area (Å²) >= 11 is 9.55. The predicted octanol–water partition coefficient (Wildman–Crippen LogP) is 3.90. The summed E-state index contributed by atoms with van der Waals surface area (Å²) in [5.74, 6) is 0.697. The SMILES string of the molecule is NC1CCCc2nc(-c3cc(Cl)ccc3Br)ncc21. The Morgan fingerprint density at radius 2 is 2.21 bits per heavy atom. The third-order valence-corrected chi connectivity index (χ3v) is 4.32. The summed E-state index contributed by atoms with van der Waals surface area (Å²) in [6, 6.07) is 5.69. The fourth-order valence-corrected chi connectivity index (χ4v) is 2.98. The van der Waals surface area contributed by atoms with Gasteiger partial charge < -0.3 is 5.73 Å². The molecule has 98 valence electrons. The van der Waals surface area contributed by atoms with Crippen LogP contribution in [-0.2, 0) is 6.42 Å². The van der Waals surface area contributed by atoms with Crippen molar-refractivity contribution in [1.29, 1.82) is 0 Å². The van der Waals surface area contributed by atoms with E-state index >= 15 is 0 Å². The normalized spacial score (nSPS) is 18.2. The van der Waals surface area contributed by atoms with E-state index in [0.29, 0.717) is 10.8 Å². The third-order valence-electron chi connectivity index (χ3n) is 3.40. The van der Waals surface area contributed by atoms with Crippen molar-refractivity contribution in [1.82, 2.24) is 9.97 Å². The molecule has 1 unspecified atom stereocenters. The minimum Gasteiger partial charge on any atom is -0.324 e. The minimum atomic E-state index is 0.0700. The summed E-state index contributed by atoms with van der Waals surface area (Å²) in [5.41, 5.74) is 9.13. The highest BCUT2D eigenvalue weighted by Gasteiger charge is 2.19. The maximum Gasteiger partial charge on any atom is 0.160 e. The molecule has 0 bridgehead atoms. The van der Waals surface area contributed by atoms with Crippen LogP contribution in [0.4, 0.5) is 0 Å². The smallest absolute Gasteiger partial charge is 0.160 e. The summed E-state index contributed by atoms with van der Waals surface area (Å²) in [6.07, 6.45) is 4.92. The summed E-state index contributed by atoms with van der Waals surface area (Å²) in [5, 5.41) is 0.677. The van der Waals surface area contributed by atoms with Crippen LogP contribution < -0.4 is 5.73 Å². The van der Waals surface area contributed by atoms with E-state index in [4.69, 9.17) is 17.3 Å². The fraction of sp³-hybridized carbons (Fsp3) is 0.286. The van der Waals surface area contributed by atoms with Crippen LogP contribution in [0.25, 0.3) is 11.4 Å². The van der Waals surface area contributed by atoms with E-state index in [0.717, 1.165) is 40.6 Å². The van der Waals surface area contributed by atoms with Crippen LogP contribution in [0.1, 0.15) is 30.1 Å². The first-order valence-electron chi connectivity index (χ1n) is 6.22. The zero-order valence-electron chi connectivity index (χ0n) is 10.2. The van der Waals surface area contributed by atoms with Gasteiger partial charge in [-0.25, -0.2) is 9.97 Å². The number of benzene rings is 1. The molecule has 1 atom stereocenters. The molecule has 5 heteroatoms. The molecule has 2 N–H and O–H groups in total. The van der Waals surface area contributed by atoms with Crippen LogP contribution in [0.15, 0.2) is 28.9 Å². The molecular formula is C14H13BrClN3. The monoisotopic (exact) mass is 337 g/mol. The van der Waals surface area contributed by atoms with Crippen molar-refractivity contribution in [3.63, 3.8) is 0 Å². The van der Waals surface area contributed by atoms with Gasteiger partial charge in [-0.15, -0.1) is 0 Å². The molecule has 1 aromatic carbocycles. The van der Waals surface area contributed by atoms with Crippen molar-refractivity contribution >= 4 is 27.5 Å². The lowest BCUT2D eigenvalue weighted by atomic mass is 9.93. The first-order valence-corrected chi connectivity index (χ1v) is 7.39. The van der Waals surface area contributed by atoms with Gasteiger partial charge in [-0.2, -0.15) is 0 Å². The summed E-state index contributed by atoms with van der Waals surface area (Å²) in [6.45, 7) is 0. The number of halogens is 2. The van der Waals surface area contributed by atoms with Gasteiger partial charge in [0.15, 0.2) is 5.82 Å². The van der Waals surface area contributed by atoms with E-state index in [1.54, 1.807) is 0 Å². The third kappa shape index (κ3) is 2.53. The van der Waals surface area contributed by atoms with Gasteiger partial charge in [0.25, 0.3) is 0 Å². The van der Waals surface area contributed by atoms with E-state index in [1.807, 2.05) is 24.4 Å². The first-order chi connectivity index (χ1) is 9.15. The van der Waals surface area contributed by atoms with Gasteiger partial charge in [-0.05, 0) is 37.5 Å². The molecule has 3 rings (SSSR count). The molecule has 0 aliphatic heterocycles. The van der Waals surface area contributed by atoms with Gasteiger partial charge in [0.05, 0.1) is 0 Å². The first kappa shape index (κ1) is 13.0. The summed E-state index contributed by atoms with van der Waals surface area (Å²) in [4.78, 5) is 9.09. The average molecular weight is 339 g/mol. The Hall–Kier alpha value is -0.970. The van der Waals surface area contributed by atoms with Crippen molar-refractivity contribution in [2.45, 2.75) is 25.3 Å². The minimum absolute atomic E-state index is 0.0700. The van der Waals surface area contributed by atoms with Gasteiger partial charge in [0.2, 0.25) is 0 Å². The van der Waals surface area contributed by atoms with E-state index in [2.05, 4.69) is 25.9 Å². The largest absolute Gasteiger partial charge is 0.324 e. The molecule has 0 amide bonds. The van der Waals surface area contributed by atoms with Crippen LogP contribution in [0.5, 0.6) is 0 Å². The second-order valence-electron chi connectivity index (χ2n) is 4.72. The second-order valence-corrected chi connectivity index (χ2v) is 6.01. The molecule has 0 radical (unpaired) electrons. The number of rotatable bonds is 1. The number of aromatic nitrogens is 2. The molecule has 3 nitrogen and oxygen atoms in total. The molecular weight excluding hydrogens is 326 g/mol. The van der Waals surface area contributed by atoms with E-state index < -0.39 is 0 Å². The van der Waals surface area contributed by atoms with Crippen LogP contribution in [0.2, 0.25) is 5.02 Å². The highest BCUT2D eigenvalue weighted by molar-refractivity contribution is 9.10. The Bertz CT molecular complexity index is 630. The Labute approximate surface area is 125 Å². The van der Waals surface area contributed by atoms with Crippen LogP contribution in [0, 0.1) is 0 Å². The predicted molar refractivity (Wildman–Crippen MR) is 80.0 cm³/mol. The molecule has 19 heavy (non-hydrogen) atoms. The quantitative estimate of drug-likeness (QED) is 0.858. The number of hydrogen-bond acceptors (Lipinski definition) is 3. The molecule has 0 spiro atoms. The zero-order valence-corrected chi connectivity index (χ0v) is 12.6. The number of fused-ring (bicyclic) bond motifs is 1. The maximum absolute atomic E-state index is 6.08. The van der Waals surface area contributed by atoms with Gasteiger partial charge in [0, 0.05) is 38.6 Å². The van der Waals surface area contributed by atoms with E-state index in [1.165, 1.54) is 0 Å². The van der Waals surface area contributed by atoms with Crippen LogP contribution in [0.3, 0.4) is 0 Å². The highest BCUT2D eigenvalue weighted by Crippen LogP contribution is 2.31. The number of aryl methyl sites for hydroxylation is 1. The summed E-state index contributed by atoms with van der Waals surface area (Å²) in [7, 11) is 0. The Balaban J connectivity index is 2.09. The molecule has 1 aromatic heterocycles. The van der Waals surface area contributed by atoms with Gasteiger partial charge >= 0.3 is 0 Å². The average Bonchev–Trinajstić information content (AvgIpc) is 2.41. The van der Waals surface area contributed by atoms with Crippen molar-refractivity contribution in [2.75, 3.05) is 0 Å². The molecule has 0 saturated carbocycles. The second kappa shape index (κ2) is 5.19. The van der Waals surface area contributed by atoms with Crippen molar-refractivity contribution in [2.24, 2.45) is 5.73 Å². The van der Waals surface area contributed by atoms with Crippen LogP contribution >= 0.6 is 27.5 Å². The summed E-state index contributed by atoms with van der Waals surface area (Å²) < 4.78 is 0.942. The van der Waals surface area contributed by atoms with E-state index in [9.17, 15) is 0 Å². The van der Waals surface area contributed by atoms with Crippen molar-refractivity contribution in [3.05, 3.63) is 45.1 Å². The van der Waals surface area contributed by atoms with Crippen molar-refractivity contribution < 1.29 is 0 Å². The number of nitrogens with zero attached hydrogens (tertiary/aromatic N) is 2. The lowest BCUT2D eigenvalue weighted by Crippen LogP contribution is -2.19. The molecule has 1 aliphatic carbocycles. The molecule has 0 fully saturated rings. The van der Waals surface area contributed by atoms with Gasteiger partial charge in [-0.1, -0.05) is 27.5 Å². The van der Waals surface area contributed by atoms with Crippen molar-refractivity contribution in [3.8, 4) is 11.4 Å². The Kier molecular flexibility index (Phi) is 3.56. The number of hydrogen-bond donors (Lipinski definition) is 1. The number of nitrogens with two attached hydrogens (primary N) is 1. The Morgan fingerprint density at radius 3 is 3.05 bits per heavy atom. The van der Waals surface area contributed by atoms with Gasteiger partial charge in [-0.3, -0.25) is 0 Å². The molecule has 1 heterocycles. The maximum atomic E-state index is 6.08. The topological polar surface area (TPSA) is 51.8 Å². The molecule has 0 saturated heterocycles. The Morgan fingerprint density at radius 1 is 1.37 bits per heavy atom. The fourth-order valence-electron chi connectivity index (χ4n) is 2.38.